The van der Waals surface area contributed by atoms with Crippen LogP contribution in [0, 0.1) is 6.92 Å². The second kappa shape index (κ2) is 6.24. The van der Waals surface area contributed by atoms with E-state index in [0.717, 1.165) is 11.3 Å². The number of anilines is 1. The molecule has 1 rings (SSSR count). The minimum Gasteiger partial charge on any atom is -0.464 e. The summed E-state index contributed by atoms with van der Waals surface area (Å²) in [5.74, 6) is -0.399. The molecule has 0 aliphatic carbocycles. The van der Waals surface area contributed by atoms with Crippen LogP contribution in [0.25, 0.3) is 0 Å². The molecule has 0 aromatic heterocycles. The summed E-state index contributed by atoms with van der Waals surface area (Å²) in [7, 11) is 2.02. The van der Waals surface area contributed by atoms with E-state index in [2.05, 4.69) is 0 Å². The lowest BCUT2D eigenvalue weighted by Gasteiger charge is -2.21. The van der Waals surface area contributed by atoms with Crippen LogP contribution in [0.5, 0.6) is 0 Å². The number of hydrogen-bond donors (Lipinski definition) is 0. The van der Waals surface area contributed by atoms with Crippen molar-refractivity contribution in [2.75, 3.05) is 18.1 Å². The Hall–Kier alpha value is -1.78. The quantitative estimate of drug-likeness (QED) is 0.562. The van der Waals surface area contributed by atoms with Crippen molar-refractivity contribution in [3.05, 3.63) is 23.8 Å². The minimum atomic E-state index is -0.335. The Morgan fingerprint density at radius 3 is 2.50 bits per heavy atom. The second-order valence-electron chi connectivity index (χ2n) is 4.28. The highest BCUT2D eigenvalue weighted by Crippen LogP contribution is 2.14. The van der Waals surface area contributed by atoms with Crippen LogP contribution in [-0.4, -0.2) is 32.9 Å². The van der Waals surface area contributed by atoms with E-state index < -0.39 is 0 Å². The number of ether oxygens (including phenoxy) is 1. The van der Waals surface area contributed by atoms with Crippen molar-refractivity contribution in [1.29, 1.82) is 0 Å². The molecule has 0 spiro atoms. The summed E-state index contributed by atoms with van der Waals surface area (Å²) < 4.78 is 4.87. The van der Waals surface area contributed by atoms with Crippen LogP contribution in [0.3, 0.4) is 0 Å². The molecular weight excluding hydrogens is 229 g/mol. The molecule has 0 aliphatic heterocycles. The number of amides is 1. The normalized spacial score (nSPS) is 9.94. The van der Waals surface area contributed by atoms with E-state index in [4.69, 9.17) is 4.74 Å². The number of nitrogens with zero attached hydrogens (tertiary/aromatic N) is 1. The van der Waals surface area contributed by atoms with E-state index in [1.165, 1.54) is 19.3 Å². The van der Waals surface area contributed by atoms with E-state index >= 15 is 0 Å². The first kappa shape index (κ1) is 14.3. The van der Waals surface area contributed by atoms with Gasteiger partial charge < -0.3 is 9.64 Å². The molecule has 0 heterocycles. The summed E-state index contributed by atoms with van der Waals surface area (Å²) in [5, 5.41) is 0. The van der Waals surface area contributed by atoms with Crippen LogP contribution >= 0.6 is 0 Å². The maximum Gasteiger partial charge on any atom is 0.302 e. The van der Waals surface area contributed by atoms with Crippen molar-refractivity contribution in [3.63, 3.8) is 0 Å². The number of rotatable bonds is 4. The van der Waals surface area contributed by atoms with Crippen LogP contribution in [0.2, 0.25) is 0 Å². The molecule has 0 unspecified atom stereocenters. The molecule has 96 valence electrons. The highest BCUT2D eigenvalue weighted by Gasteiger charge is 2.12. The first-order valence-corrected chi connectivity index (χ1v) is 5.90. The Labute approximate surface area is 108 Å². The first-order valence-electron chi connectivity index (χ1n) is 5.90. The topological polar surface area (TPSA) is 46.6 Å². The summed E-state index contributed by atoms with van der Waals surface area (Å²) >= 11 is 0. The summed E-state index contributed by atoms with van der Waals surface area (Å²) in [5.41, 5.74) is 3.14. The molecule has 0 saturated heterocycles. The molecule has 1 aromatic carbocycles. The third kappa shape index (κ3) is 3.91. The summed E-state index contributed by atoms with van der Waals surface area (Å²) in [6.07, 6.45) is 0. The fourth-order valence-electron chi connectivity index (χ4n) is 1.64. The Bertz CT molecular complexity index is 460. The van der Waals surface area contributed by atoms with E-state index in [9.17, 15) is 9.59 Å². The second-order valence-corrected chi connectivity index (χ2v) is 4.28. The standard InChI is InChI=1S/C13H18BNO3/c1-9-8-12(4-5-13(9)14)15(10(2)16)6-7-18-11(3)17/h4-5,8H,6-7,14H2,1-3H3. The molecular formula is C13H18BNO3. The molecule has 5 heteroatoms. The third-order valence-corrected chi connectivity index (χ3v) is 2.80. The van der Waals surface area contributed by atoms with Gasteiger partial charge in [-0.1, -0.05) is 17.1 Å². The van der Waals surface area contributed by atoms with Gasteiger partial charge in [0.2, 0.25) is 5.91 Å². The Morgan fingerprint density at radius 1 is 1.33 bits per heavy atom. The zero-order chi connectivity index (χ0) is 13.7. The average Bonchev–Trinajstić information content (AvgIpc) is 2.27. The lowest BCUT2D eigenvalue weighted by molar-refractivity contribution is -0.140. The molecule has 0 fully saturated rings. The predicted octanol–water partition coefficient (Wildman–Crippen LogP) is 0.169. The third-order valence-electron chi connectivity index (χ3n) is 2.80. The molecule has 4 nitrogen and oxygen atoms in total. The summed E-state index contributed by atoms with van der Waals surface area (Å²) in [4.78, 5) is 23.9. The molecule has 1 aromatic rings. The van der Waals surface area contributed by atoms with E-state index in [1.807, 2.05) is 33.0 Å². The molecule has 0 radical (unpaired) electrons. The minimum absolute atomic E-state index is 0.0644. The molecule has 1 amide bonds. The zero-order valence-corrected chi connectivity index (χ0v) is 11.3. The van der Waals surface area contributed by atoms with Crippen LogP contribution in [-0.2, 0) is 14.3 Å². The lowest BCUT2D eigenvalue weighted by atomic mass is 9.91. The molecule has 0 saturated carbocycles. The number of carbonyl (C=O) groups is 2. The largest absolute Gasteiger partial charge is 0.464 e. The van der Waals surface area contributed by atoms with Crippen molar-refractivity contribution in [3.8, 4) is 0 Å². The van der Waals surface area contributed by atoms with Gasteiger partial charge in [-0.15, -0.1) is 0 Å². The highest BCUT2D eigenvalue weighted by molar-refractivity contribution is 6.33. The van der Waals surface area contributed by atoms with Gasteiger partial charge in [0.25, 0.3) is 0 Å². The van der Waals surface area contributed by atoms with Gasteiger partial charge in [0.05, 0.1) is 6.54 Å². The Morgan fingerprint density at radius 2 is 2.00 bits per heavy atom. The van der Waals surface area contributed by atoms with E-state index in [-0.39, 0.29) is 18.5 Å². The molecule has 0 atom stereocenters. The maximum absolute atomic E-state index is 11.6. The lowest BCUT2D eigenvalue weighted by Crippen LogP contribution is -2.32. The Balaban J connectivity index is 2.80. The van der Waals surface area contributed by atoms with Gasteiger partial charge in [-0.3, -0.25) is 9.59 Å². The van der Waals surface area contributed by atoms with Gasteiger partial charge in [0.1, 0.15) is 14.5 Å². The number of hydrogen-bond acceptors (Lipinski definition) is 3. The van der Waals surface area contributed by atoms with Crippen molar-refractivity contribution in [2.45, 2.75) is 20.8 Å². The fourth-order valence-corrected chi connectivity index (χ4v) is 1.64. The first-order chi connectivity index (χ1) is 8.41. The van der Waals surface area contributed by atoms with Crippen LogP contribution < -0.4 is 10.4 Å². The Kier molecular flexibility index (Phi) is 4.95. The van der Waals surface area contributed by atoms with Crippen molar-refractivity contribution < 1.29 is 14.3 Å². The fraction of sp³-hybridized carbons (Fsp3) is 0.385. The predicted molar refractivity (Wildman–Crippen MR) is 74.0 cm³/mol. The summed E-state index contributed by atoms with van der Waals surface area (Å²) in [6.45, 7) is 5.44. The van der Waals surface area contributed by atoms with Crippen LogP contribution in [0.1, 0.15) is 19.4 Å². The molecule has 0 bridgehead atoms. The van der Waals surface area contributed by atoms with Gasteiger partial charge >= 0.3 is 5.97 Å². The van der Waals surface area contributed by atoms with Gasteiger partial charge in [0, 0.05) is 19.5 Å². The van der Waals surface area contributed by atoms with Crippen LogP contribution in [0.15, 0.2) is 18.2 Å². The van der Waals surface area contributed by atoms with Gasteiger partial charge in [0.15, 0.2) is 0 Å². The molecule has 0 N–H and O–H groups in total. The molecule has 0 aliphatic rings. The van der Waals surface area contributed by atoms with Gasteiger partial charge in [-0.25, -0.2) is 0 Å². The van der Waals surface area contributed by atoms with Gasteiger partial charge in [-0.05, 0) is 19.1 Å². The maximum atomic E-state index is 11.6. The van der Waals surface area contributed by atoms with Crippen molar-refractivity contribution in [2.24, 2.45) is 0 Å². The smallest absolute Gasteiger partial charge is 0.302 e. The monoisotopic (exact) mass is 247 g/mol. The highest BCUT2D eigenvalue weighted by atomic mass is 16.5. The summed E-state index contributed by atoms with van der Waals surface area (Å²) in [6, 6.07) is 5.84. The van der Waals surface area contributed by atoms with Crippen molar-refractivity contribution in [1.82, 2.24) is 0 Å². The zero-order valence-electron chi connectivity index (χ0n) is 11.3. The van der Waals surface area contributed by atoms with Crippen molar-refractivity contribution >= 4 is 30.9 Å². The number of esters is 1. The number of carbonyl (C=O) groups excluding carboxylic acids is 2. The number of benzene rings is 1. The van der Waals surface area contributed by atoms with E-state index in [1.54, 1.807) is 4.90 Å². The molecule has 18 heavy (non-hydrogen) atoms. The SMILES string of the molecule is Bc1ccc(N(CCOC(C)=O)C(C)=O)cc1C. The number of aryl methyl sites for hydroxylation is 1. The van der Waals surface area contributed by atoms with Crippen LogP contribution in [0.4, 0.5) is 5.69 Å². The van der Waals surface area contributed by atoms with Gasteiger partial charge in [-0.2, -0.15) is 0 Å². The average molecular weight is 247 g/mol. The van der Waals surface area contributed by atoms with E-state index in [0.29, 0.717) is 6.54 Å².